The lowest BCUT2D eigenvalue weighted by atomic mass is 9.97. The van der Waals surface area contributed by atoms with Gasteiger partial charge in [-0.3, -0.25) is 9.59 Å². The average Bonchev–Trinajstić information content (AvgIpc) is 2.57. The number of amides is 2. The highest BCUT2D eigenvalue weighted by Gasteiger charge is 2.46. The van der Waals surface area contributed by atoms with Crippen molar-refractivity contribution in [3.05, 3.63) is 35.9 Å². The Morgan fingerprint density at radius 3 is 2.96 bits per heavy atom. The molecule has 1 aromatic carbocycles. The normalized spacial score (nSPS) is 23.2. The highest BCUT2D eigenvalue weighted by molar-refractivity contribution is 6.15. The number of carbonyl (C=O) groups excluding carboxylic acids is 2. The number of hydrogen-bond donors (Lipinski definition) is 2. The van der Waals surface area contributed by atoms with Gasteiger partial charge in [0.2, 0.25) is 0 Å². The molecule has 3 rings (SSSR count). The van der Waals surface area contributed by atoms with Crippen LogP contribution in [0.2, 0.25) is 0 Å². The number of fused-ring (bicyclic) bond motifs is 1. The van der Waals surface area contributed by atoms with Crippen LogP contribution in [0.1, 0.15) is 39.0 Å². The molecule has 0 unspecified atom stereocenters. The summed E-state index contributed by atoms with van der Waals surface area (Å²) >= 11 is 0. The maximum absolute atomic E-state index is 12.5. The fourth-order valence-corrected chi connectivity index (χ4v) is 2.95. The molecule has 2 N–H and O–H groups in total. The van der Waals surface area contributed by atoms with Crippen molar-refractivity contribution in [1.29, 1.82) is 0 Å². The summed E-state index contributed by atoms with van der Waals surface area (Å²) in [6.45, 7) is 2.03. The number of allylic oxidation sites excluding steroid dienone is 1. The third-order valence-electron chi connectivity index (χ3n) is 4.43. The summed E-state index contributed by atoms with van der Waals surface area (Å²) in [7, 11) is 0. The van der Waals surface area contributed by atoms with Gasteiger partial charge in [0.25, 0.3) is 17.4 Å². The summed E-state index contributed by atoms with van der Waals surface area (Å²) in [4.78, 5) is 24.7. The van der Waals surface area contributed by atoms with Gasteiger partial charge in [-0.15, -0.1) is 0 Å². The van der Waals surface area contributed by atoms with E-state index in [0.717, 1.165) is 19.3 Å². The number of benzene rings is 1. The second-order valence-corrected chi connectivity index (χ2v) is 6.20. The molecule has 0 aromatic heterocycles. The molecular weight excluding hydrogens is 292 g/mol. The number of hydrogen-bond acceptors (Lipinski definition) is 3. The third-order valence-corrected chi connectivity index (χ3v) is 4.43. The van der Waals surface area contributed by atoms with Crippen molar-refractivity contribution >= 4 is 17.5 Å². The molecule has 0 radical (unpaired) electrons. The van der Waals surface area contributed by atoms with Crippen LogP contribution in [-0.2, 0) is 9.59 Å². The second kappa shape index (κ2) is 6.44. The molecular formula is C18H22N2O3. The lowest BCUT2D eigenvalue weighted by Gasteiger charge is -2.33. The molecule has 2 amide bonds. The van der Waals surface area contributed by atoms with Gasteiger partial charge in [0.15, 0.2) is 0 Å². The zero-order chi connectivity index (χ0) is 16.3. The van der Waals surface area contributed by atoms with Crippen LogP contribution >= 0.6 is 0 Å². The van der Waals surface area contributed by atoms with Crippen molar-refractivity contribution in [3.8, 4) is 5.75 Å². The number of ether oxygens (including phenoxy) is 1. The molecule has 1 heterocycles. The summed E-state index contributed by atoms with van der Waals surface area (Å²) in [5.41, 5.74) is 0.450. The van der Waals surface area contributed by atoms with Gasteiger partial charge < -0.3 is 15.4 Å². The van der Waals surface area contributed by atoms with E-state index in [4.69, 9.17) is 4.74 Å². The lowest BCUT2D eigenvalue weighted by Crippen LogP contribution is -2.58. The Bertz CT molecular complexity index is 653. The van der Waals surface area contributed by atoms with E-state index in [2.05, 4.69) is 16.7 Å². The van der Waals surface area contributed by atoms with Crippen LogP contribution in [-0.4, -0.2) is 24.0 Å². The Hall–Kier alpha value is -2.30. The van der Waals surface area contributed by atoms with Crippen LogP contribution in [0, 0.1) is 0 Å². The fraction of sp³-hybridized carbons (Fsp3) is 0.444. The highest BCUT2D eigenvalue weighted by Crippen LogP contribution is 2.33. The molecule has 0 bridgehead atoms. The molecule has 1 aromatic rings. The van der Waals surface area contributed by atoms with Crippen LogP contribution in [0.15, 0.2) is 35.9 Å². The number of nitrogens with one attached hydrogen (secondary N) is 2. The Kier molecular flexibility index (Phi) is 4.37. The summed E-state index contributed by atoms with van der Waals surface area (Å²) in [5, 5.41) is 5.57. The molecule has 1 aliphatic heterocycles. The van der Waals surface area contributed by atoms with Gasteiger partial charge in [-0.1, -0.05) is 23.8 Å². The molecule has 0 saturated carbocycles. The number of anilines is 1. The monoisotopic (exact) mass is 314 g/mol. The zero-order valence-electron chi connectivity index (χ0n) is 13.4. The minimum Gasteiger partial charge on any atom is -0.466 e. The van der Waals surface area contributed by atoms with Crippen LogP contribution in [0.5, 0.6) is 5.75 Å². The van der Waals surface area contributed by atoms with E-state index in [0.29, 0.717) is 18.0 Å². The number of carbonyl (C=O) groups is 2. The van der Waals surface area contributed by atoms with Gasteiger partial charge in [0.1, 0.15) is 5.75 Å². The Morgan fingerprint density at radius 1 is 1.35 bits per heavy atom. The smallest absolute Gasteiger partial charge is 0.278 e. The van der Waals surface area contributed by atoms with E-state index in [1.54, 1.807) is 12.1 Å². The maximum atomic E-state index is 12.5. The van der Waals surface area contributed by atoms with Crippen molar-refractivity contribution in [2.24, 2.45) is 0 Å². The first-order chi connectivity index (χ1) is 11.1. The third kappa shape index (κ3) is 3.23. The first kappa shape index (κ1) is 15.6. The topological polar surface area (TPSA) is 67.4 Å². The van der Waals surface area contributed by atoms with E-state index in [9.17, 15) is 9.59 Å². The van der Waals surface area contributed by atoms with Gasteiger partial charge in [-0.25, -0.2) is 0 Å². The van der Waals surface area contributed by atoms with Crippen molar-refractivity contribution in [2.45, 2.75) is 44.6 Å². The van der Waals surface area contributed by atoms with Crippen LogP contribution in [0.4, 0.5) is 5.69 Å². The van der Waals surface area contributed by atoms with Gasteiger partial charge >= 0.3 is 0 Å². The molecule has 5 nitrogen and oxygen atoms in total. The minimum absolute atomic E-state index is 0.402. The molecule has 122 valence electrons. The SMILES string of the molecule is C[C@]1(C(=O)NCCC2=CCCCC2)Oc2ccccc2NC1=O. The molecule has 23 heavy (non-hydrogen) atoms. The predicted molar refractivity (Wildman–Crippen MR) is 88.3 cm³/mol. The van der Waals surface area contributed by atoms with E-state index >= 15 is 0 Å². The summed E-state index contributed by atoms with van der Waals surface area (Å²) in [6, 6.07) is 7.11. The van der Waals surface area contributed by atoms with Crippen molar-refractivity contribution < 1.29 is 14.3 Å². The van der Waals surface area contributed by atoms with Crippen LogP contribution in [0.25, 0.3) is 0 Å². The van der Waals surface area contributed by atoms with E-state index < -0.39 is 17.4 Å². The Balaban J connectivity index is 1.62. The van der Waals surface area contributed by atoms with Gasteiger partial charge in [0, 0.05) is 6.54 Å². The second-order valence-electron chi connectivity index (χ2n) is 6.20. The van der Waals surface area contributed by atoms with Gasteiger partial charge in [0.05, 0.1) is 5.69 Å². The lowest BCUT2D eigenvalue weighted by molar-refractivity contribution is -0.146. The minimum atomic E-state index is -1.53. The molecule has 1 atom stereocenters. The van der Waals surface area contributed by atoms with Crippen LogP contribution in [0.3, 0.4) is 0 Å². The molecule has 0 fully saturated rings. The van der Waals surface area contributed by atoms with E-state index in [1.165, 1.54) is 25.3 Å². The fourth-order valence-electron chi connectivity index (χ4n) is 2.95. The Labute approximate surface area is 136 Å². The summed E-state index contributed by atoms with van der Waals surface area (Å²) in [5.74, 6) is -0.328. The first-order valence-corrected chi connectivity index (χ1v) is 8.15. The molecule has 0 spiro atoms. The van der Waals surface area contributed by atoms with Crippen LogP contribution < -0.4 is 15.4 Å². The van der Waals surface area contributed by atoms with E-state index in [-0.39, 0.29) is 0 Å². The zero-order valence-corrected chi connectivity index (χ0v) is 13.4. The highest BCUT2D eigenvalue weighted by atomic mass is 16.5. The average molecular weight is 314 g/mol. The number of rotatable bonds is 4. The van der Waals surface area contributed by atoms with Gasteiger partial charge in [-0.2, -0.15) is 0 Å². The first-order valence-electron chi connectivity index (χ1n) is 8.15. The predicted octanol–water partition coefficient (Wildman–Crippen LogP) is 2.78. The largest absolute Gasteiger partial charge is 0.466 e. The molecule has 2 aliphatic rings. The van der Waals surface area contributed by atoms with Crippen molar-refractivity contribution in [1.82, 2.24) is 5.32 Å². The van der Waals surface area contributed by atoms with E-state index in [1.807, 2.05) is 12.1 Å². The van der Waals surface area contributed by atoms with Crippen molar-refractivity contribution in [3.63, 3.8) is 0 Å². The Morgan fingerprint density at radius 2 is 2.17 bits per heavy atom. The van der Waals surface area contributed by atoms with Crippen molar-refractivity contribution in [2.75, 3.05) is 11.9 Å². The molecule has 5 heteroatoms. The molecule has 1 aliphatic carbocycles. The number of para-hydroxylation sites is 2. The standard InChI is InChI=1S/C18H22N2O3/c1-18(16(21)19-12-11-13-7-3-2-4-8-13)17(22)20-14-9-5-6-10-15(14)23-18/h5-7,9-10H,2-4,8,11-12H2,1H3,(H,19,21)(H,20,22)/t18-/m1/s1. The maximum Gasteiger partial charge on any atom is 0.278 e. The quantitative estimate of drug-likeness (QED) is 0.663. The summed E-state index contributed by atoms with van der Waals surface area (Å²) in [6.07, 6.45) is 7.80. The van der Waals surface area contributed by atoms with Gasteiger partial charge in [-0.05, 0) is 51.2 Å². The summed E-state index contributed by atoms with van der Waals surface area (Å²) < 4.78 is 5.70. The molecule has 0 saturated heterocycles.